The van der Waals surface area contributed by atoms with Crippen LogP contribution in [0.1, 0.15) is 64.6 Å². The van der Waals surface area contributed by atoms with Crippen molar-refractivity contribution in [3.05, 3.63) is 28.3 Å². The third-order valence-corrected chi connectivity index (χ3v) is 3.42. The standard InChI is InChI=1S/C15H21N5O3/c1-6-23-14(22)11-8(4)10(9(5)16-11)13(21)18-15-17-12(7(2)3)19-20-15/h7,16H,6H2,1-5H3,(H2,17,18,19,20,21). The van der Waals surface area contributed by atoms with Gasteiger partial charge in [-0.3, -0.25) is 15.2 Å². The number of hydrogen-bond acceptors (Lipinski definition) is 5. The maximum Gasteiger partial charge on any atom is 0.355 e. The largest absolute Gasteiger partial charge is 0.461 e. The van der Waals surface area contributed by atoms with Crippen LogP contribution in [0.25, 0.3) is 0 Å². The Balaban J connectivity index is 2.23. The van der Waals surface area contributed by atoms with Gasteiger partial charge in [-0.05, 0) is 26.3 Å². The molecule has 0 saturated heterocycles. The third-order valence-electron chi connectivity index (χ3n) is 3.42. The minimum atomic E-state index is -0.480. The van der Waals surface area contributed by atoms with Crippen molar-refractivity contribution in [1.29, 1.82) is 0 Å². The first kappa shape index (κ1) is 16.7. The van der Waals surface area contributed by atoms with E-state index in [0.29, 0.717) is 22.6 Å². The summed E-state index contributed by atoms with van der Waals surface area (Å²) in [5.41, 5.74) is 1.80. The van der Waals surface area contributed by atoms with Gasteiger partial charge in [-0.2, -0.15) is 4.98 Å². The summed E-state index contributed by atoms with van der Waals surface area (Å²) in [5, 5.41) is 9.37. The number of anilines is 1. The van der Waals surface area contributed by atoms with Gasteiger partial charge in [-0.1, -0.05) is 13.8 Å². The number of aromatic amines is 2. The van der Waals surface area contributed by atoms with E-state index in [1.807, 2.05) is 13.8 Å². The predicted octanol–water partition coefficient (Wildman–Crippen LogP) is 2.30. The van der Waals surface area contributed by atoms with Gasteiger partial charge < -0.3 is 9.72 Å². The molecule has 8 heteroatoms. The molecule has 0 aliphatic carbocycles. The zero-order valence-corrected chi connectivity index (χ0v) is 13.9. The Morgan fingerprint density at radius 3 is 2.57 bits per heavy atom. The lowest BCUT2D eigenvalue weighted by molar-refractivity contribution is 0.0519. The van der Waals surface area contributed by atoms with E-state index in [4.69, 9.17) is 4.74 Å². The number of aryl methyl sites for hydroxylation is 1. The molecule has 3 N–H and O–H groups in total. The van der Waals surface area contributed by atoms with Crippen LogP contribution in [0.2, 0.25) is 0 Å². The van der Waals surface area contributed by atoms with Crippen LogP contribution < -0.4 is 5.32 Å². The minimum Gasteiger partial charge on any atom is -0.461 e. The smallest absolute Gasteiger partial charge is 0.355 e. The summed E-state index contributed by atoms with van der Waals surface area (Å²) < 4.78 is 4.97. The topological polar surface area (TPSA) is 113 Å². The molecule has 0 fully saturated rings. The van der Waals surface area contributed by atoms with E-state index in [-0.39, 0.29) is 30.1 Å². The number of carbonyl (C=O) groups is 2. The van der Waals surface area contributed by atoms with Crippen molar-refractivity contribution >= 4 is 17.8 Å². The summed E-state index contributed by atoms with van der Waals surface area (Å²) in [7, 11) is 0. The van der Waals surface area contributed by atoms with Crippen LogP contribution in [-0.2, 0) is 4.74 Å². The lowest BCUT2D eigenvalue weighted by Crippen LogP contribution is -2.15. The van der Waals surface area contributed by atoms with E-state index < -0.39 is 5.97 Å². The van der Waals surface area contributed by atoms with Gasteiger partial charge in [0.1, 0.15) is 11.5 Å². The van der Waals surface area contributed by atoms with Crippen molar-refractivity contribution in [2.75, 3.05) is 11.9 Å². The Kier molecular flexibility index (Phi) is 4.83. The molecule has 23 heavy (non-hydrogen) atoms. The van der Waals surface area contributed by atoms with E-state index in [2.05, 4.69) is 25.5 Å². The van der Waals surface area contributed by atoms with E-state index in [9.17, 15) is 9.59 Å². The molecular formula is C15H21N5O3. The lowest BCUT2D eigenvalue weighted by Gasteiger charge is -2.03. The molecule has 0 spiro atoms. The van der Waals surface area contributed by atoms with Gasteiger partial charge in [0.2, 0.25) is 5.95 Å². The van der Waals surface area contributed by atoms with Gasteiger partial charge >= 0.3 is 5.97 Å². The molecule has 2 aromatic rings. The number of nitrogens with zero attached hydrogens (tertiary/aromatic N) is 2. The highest BCUT2D eigenvalue weighted by Crippen LogP contribution is 2.20. The fourth-order valence-electron chi connectivity index (χ4n) is 2.25. The average Bonchev–Trinajstić information content (AvgIpc) is 3.04. The molecule has 2 heterocycles. The Morgan fingerprint density at radius 1 is 1.30 bits per heavy atom. The second kappa shape index (κ2) is 6.64. The summed E-state index contributed by atoms with van der Waals surface area (Å²) in [5.74, 6) is 0.221. The molecule has 0 aliphatic rings. The molecule has 2 rings (SSSR count). The van der Waals surface area contributed by atoms with Crippen LogP contribution in [0.15, 0.2) is 0 Å². The van der Waals surface area contributed by atoms with E-state index >= 15 is 0 Å². The third kappa shape index (κ3) is 3.41. The highest BCUT2D eigenvalue weighted by molar-refractivity contribution is 6.07. The summed E-state index contributed by atoms with van der Waals surface area (Å²) in [6, 6.07) is 0. The van der Waals surface area contributed by atoms with Gasteiger partial charge in [-0.15, -0.1) is 5.10 Å². The number of carbonyl (C=O) groups excluding carboxylic acids is 2. The monoisotopic (exact) mass is 319 g/mol. The summed E-state index contributed by atoms with van der Waals surface area (Å²) in [6.07, 6.45) is 0. The van der Waals surface area contributed by atoms with Gasteiger partial charge in [0.25, 0.3) is 5.91 Å². The summed E-state index contributed by atoms with van der Waals surface area (Å²) >= 11 is 0. The number of aromatic nitrogens is 4. The van der Waals surface area contributed by atoms with Crippen molar-refractivity contribution in [3.8, 4) is 0 Å². The maximum absolute atomic E-state index is 12.5. The minimum absolute atomic E-state index is 0.180. The molecule has 0 unspecified atom stereocenters. The Morgan fingerprint density at radius 2 is 2.00 bits per heavy atom. The quantitative estimate of drug-likeness (QED) is 0.732. The van der Waals surface area contributed by atoms with Gasteiger partial charge in [0.05, 0.1) is 12.2 Å². The highest BCUT2D eigenvalue weighted by Gasteiger charge is 2.23. The van der Waals surface area contributed by atoms with Crippen LogP contribution in [-0.4, -0.2) is 38.6 Å². The predicted molar refractivity (Wildman–Crippen MR) is 84.6 cm³/mol. The molecule has 2 aromatic heterocycles. The second-order valence-corrected chi connectivity index (χ2v) is 5.50. The fourth-order valence-corrected chi connectivity index (χ4v) is 2.25. The number of nitrogens with one attached hydrogen (secondary N) is 3. The molecule has 0 aliphatic heterocycles. The zero-order valence-electron chi connectivity index (χ0n) is 13.9. The number of esters is 1. The Labute approximate surface area is 134 Å². The first-order chi connectivity index (χ1) is 10.8. The Bertz CT molecular complexity index is 730. The van der Waals surface area contributed by atoms with E-state index in [0.717, 1.165) is 0 Å². The molecule has 0 aromatic carbocycles. The van der Waals surface area contributed by atoms with Gasteiger partial charge in [0.15, 0.2) is 0 Å². The van der Waals surface area contributed by atoms with Crippen molar-refractivity contribution in [3.63, 3.8) is 0 Å². The van der Waals surface area contributed by atoms with Crippen LogP contribution in [0, 0.1) is 13.8 Å². The fraction of sp³-hybridized carbons (Fsp3) is 0.467. The number of rotatable bonds is 5. The second-order valence-electron chi connectivity index (χ2n) is 5.50. The molecule has 0 atom stereocenters. The summed E-state index contributed by atoms with van der Waals surface area (Å²) in [4.78, 5) is 31.4. The molecule has 1 amide bonds. The number of ether oxygens (including phenoxy) is 1. The van der Waals surface area contributed by atoms with Gasteiger partial charge in [0, 0.05) is 11.6 Å². The van der Waals surface area contributed by atoms with Crippen molar-refractivity contribution < 1.29 is 14.3 Å². The molecular weight excluding hydrogens is 298 g/mol. The van der Waals surface area contributed by atoms with Crippen molar-refractivity contribution in [2.24, 2.45) is 0 Å². The number of hydrogen-bond donors (Lipinski definition) is 3. The van der Waals surface area contributed by atoms with Crippen LogP contribution in [0.3, 0.4) is 0 Å². The lowest BCUT2D eigenvalue weighted by atomic mass is 10.1. The highest BCUT2D eigenvalue weighted by atomic mass is 16.5. The average molecular weight is 319 g/mol. The number of amides is 1. The SMILES string of the molecule is CCOC(=O)c1[nH]c(C)c(C(=O)Nc2n[nH]c(C(C)C)n2)c1C. The van der Waals surface area contributed by atoms with Crippen LogP contribution in [0.4, 0.5) is 5.95 Å². The maximum atomic E-state index is 12.5. The van der Waals surface area contributed by atoms with Crippen LogP contribution in [0.5, 0.6) is 0 Å². The molecule has 124 valence electrons. The zero-order chi connectivity index (χ0) is 17.1. The van der Waals surface area contributed by atoms with E-state index in [1.165, 1.54) is 0 Å². The van der Waals surface area contributed by atoms with E-state index in [1.54, 1.807) is 20.8 Å². The first-order valence-electron chi connectivity index (χ1n) is 7.45. The first-order valence-corrected chi connectivity index (χ1v) is 7.45. The normalized spacial score (nSPS) is 10.9. The van der Waals surface area contributed by atoms with Gasteiger partial charge in [-0.25, -0.2) is 4.79 Å². The van der Waals surface area contributed by atoms with Crippen molar-refractivity contribution in [1.82, 2.24) is 20.2 Å². The molecule has 0 saturated carbocycles. The van der Waals surface area contributed by atoms with Crippen LogP contribution >= 0.6 is 0 Å². The molecule has 0 bridgehead atoms. The van der Waals surface area contributed by atoms with Crippen molar-refractivity contribution in [2.45, 2.75) is 40.5 Å². The molecule has 0 radical (unpaired) electrons. The molecule has 8 nitrogen and oxygen atoms in total. The Hall–Kier alpha value is -2.64. The number of H-pyrrole nitrogens is 2. The summed E-state index contributed by atoms with van der Waals surface area (Å²) in [6.45, 7) is 9.36.